The number of methoxy groups -OCH3 is 1. The Morgan fingerprint density at radius 3 is 2.44 bits per heavy atom. The van der Waals surface area contributed by atoms with Crippen LogP contribution in [0.2, 0.25) is 0 Å². The molecule has 0 unspecified atom stereocenters. The van der Waals surface area contributed by atoms with E-state index >= 15 is 0 Å². The quantitative estimate of drug-likeness (QED) is 0.684. The summed E-state index contributed by atoms with van der Waals surface area (Å²) in [5.41, 5.74) is -0.152. The number of hydrogen-bond donors (Lipinski definition) is 1. The summed E-state index contributed by atoms with van der Waals surface area (Å²) in [6.07, 6.45) is 9.44. The highest BCUT2D eigenvalue weighted by Crippen LogP contribution is 2.77. The van der Waals surface area contributed by atoms with Crippen LogP contribution in [0.1, 0.15) is 91.3 Å². The number of hydrogen-bond acceptors (Lipinski definition) is 6. The van der Waals surface area contributed by atoms with Crippen LogP contribution in [0.15, 0.2) is 0 Å². The number of carbonyl (C=O) groups excluding carboxylic acids is 1. The first-order valence-corrected chi connectivity index (χ1v) is 13.4. The molecule has 0 aromatic carbocycles. The average Bonchev–Trinajstić information content (AvgIpc) is 3.29. The van der Waals surface area contributed by atoms with Crippen LogP contribution in [0.5, 0.6) is 0 Å². The molecule has 7 nitrogen and oxygen atoms in total. The first-order chi connectivity index (χ1) is 15.9. The molecule has 0 saturated heterocycles. The smallest absolute Gasteiger partial charge is 0.158 e. The Morgan fingerprint density at radius 1 is 1.03 bits per heavy atom. The van der Waals surface area contributed by atoms with Crippen molar-refractivity contribution in [2.75, 3.05) is 13.7 Å². The Hall–Kier alpha value is -1.34. The predicted molar refractivity (Wildman–Crippen MR) is 129 cm³/mol. The molecule has 0 bridgehead atoms. The predicted octanol–water partition coefficient (Wildman–Crippen LogP) is 4.37. The molecule has 1 aromatic heterocycles. The van der Waals surface area contributed by atoms with Crippen LogP contribution >= 0.6 is 0 Å². The zero-order chi connectivity index (χ0) is 24.6. The number of ketones is 1. The number of fused-ring (bicyclic) bond motifs is 5. The molecule has 0 spiro atoms. The molecule has 8 atom stereocenters. The molecule has 4 aliphatic rings. The van der Waals surface area contributed by atoms with Gasteiger partial charge in [0.15, 0.2) is 5.78 Å². The van der Waals surface area contributed by atoms with E-state index in [4.69, 9.17) is 4.74 Å². The minimum atomic E-state index is -0.558. The molecule has 1 heterocycles. The lowest BCUT2D eigenvalue weighted by Gasteiger charge is -2.71. The van der Waals surface area contributed by atoms with Crippen LogP contribution in [0.3, 0.4) is 0 Å². The van der Waals surface area contributed by atoms with Crippen molar-refractivity contribution in [3.8, 4) is 0 Å². The van der Waals surface area contributed by atoms with E-state index in [1.807, 2.05) is 21.0 Å². The lowest BCUT2D eigenvalue weighted by molar-refractivity contribution is -0.242. The molecular formula is C27H44N4O3. The summed E-state index contributed by atoms with van der Waals surface area (Å²) in [5.74, 6) is 2.13. The fourth-order valence-corrected chi connectivity index (χ4v) is 9.91. The first-order valence-electron chi connectivity index (χ1n) is 13.4. The Labute approximate surface area is 204 Å². The summed E-state index contributed by atoms with van der Waals surface area (Å²) in [6, 6.07) is 0. The highest BCUT2D eigenvalue weighted by atomic mass is 16.5. The maximum atomic E-state index is 13.6. The Morgan fingerprint density at radius 2 is 1.76 bits per heavy atom. The van der Waals surface area contributed by atoms with Gasteiger partial charge in [-0.3, -0.25) is 4.79 Å². The van der Waals surface area contributed by atoms with E-state index in [9.17, 15) is 9.90 Å². The summed E-state index contributed by atoms with van der Waals surface area (Å²) >= 11 is 0. The van der Waals surface area contributed by atoms with Crippen molar-refractivity contribution < 1.29 is 14.6 Å². The second-order valence-corrected chi connectivity index (χ2v) is 13.3. The van der Waals surface area contributed by atoms with Crippen LogP contribution < -0.4 is 0 Å². The van der Waals surface area contributed by atoms with Crippen molar-refractivity contribution in [3.63, 3.8) is 0 Å². The summed E-state index contributed by atoms with van der Waals surface area (Å²) in [7, 11) is 1.85. The van der Waals surface area contributed by atoms with E-state index in [1.54, 1.807) is 4.68 Å². The molecule has 0 radical (unpaired) electrons. The van der Waals surface area contributed by atoms with Gasteiger partial charge in [-0.15, -0.1) is 5.10 Å². The fourth-order valence-electron chi connectivity index (χ4n) is 9.91. The standard InChI is InChI=1S/C27H44N4O3/c1-18-28-29-30-31(18)16-21(32)20-9-10-25(4)22-8-7-19-15-23(2,33)11-14-27(19,17-34-6)26(22,5)13-12-24(20,25)3/h19-20,22,33H,7-17H2,1-6H3/t19-,20-,22+,23-,24-,25+,26+,27-/m1/s1. The summed E-state index contributed by atoms with van der Waals surface area (Å²) in [5, 5.41) is 22.7. The van der Waals surface area contributed by atoms with Gasteiger partial charge in [-0.05, 0) is 110 Å². The maximum absolute atomic E-state index is 13.6. The number of rotatable bonds is 5. The zero-order valence-corrected chi connectivity index (χ0v) is 22.1. The molecule has 1 aromatic rings. The third kappa shape index (κ3) is 3.14. The Balaban J connectivity index is 1.47. The second-order valence-electron chi connectivity index (χ2n) is 13.3. The van der Waals surface area contributed by atoms with Crippen LogP contribution in [0, 0.1) is 46.3 Å². The second kappa shape index (κ2) is 7.83. The summed E-state index contributed by atoms with van der Waals surface area (Å²) in [6.45, 7) is 12.4. The molecule has 4 saturated carbocycles. The third-order valence-electron chi connectivity index (χ3n) is 12.1. The largest absolute Gasteiger partial charge is 0.390 e. The number of nitrogens with zero attached hydrogens (tertiary/aromatic N) is 4. The minimum Gasteiger partial charge on any atom is -0.390 e. The lowest BCUT2D eigenvalue weighted by atomic mass is 9.34. The molecule has 4 fully saturated rings. The molecule has 1 N–H and O–H groups in total. The van der Waals surface area contributed by atoms with Gasteiger partial charge in [0, 0.05) is 18.4 Å². The SMILES string of the molecule is COC[C@]12CC[C@@](C)(O)C[C@H]1CC[C@@H]1[C@]2(C)CC[C@]2(C)[C@@H](C(=O)Cn3nnnc3C)CC[C@@]12C. The molecule has 5 rings (SSSR count). The lowest BCUT2D eigenvalue weighted by Crippen LogP contribution is -2.66. The monoisotopic (exact) mass is 472 g/mol. The minimum absolute atomic E-state index is 0.00255. The highest BCUT2D eigenvalue weighted by molar-refractivity contribution is 5.82. The van der Waals surface area contributed by atoms with Gasteiger partial charge in [0.25, 0.3) is 0 Å². The van der Waals surface area contributed by atoms with Crippen molar-refractivity contribution in [1.82, 2.24) is 20.2 Å². The van der Waals surface area contributed by atoms with E-state index in [1.165, 1.54) is 6.42 Å². The van der Waals surface area contributed by atoms with Crippen molar-refractivity contribution in [2.24, 2.45) is 39.4 Å². The normalized spacial score (nSPS) is 48.1. The number of aromatic nitrogens is 4. The number of tetrazole rings is 1. The van der Waals surface area contributed by atoms with Crippen LogP contribution in [0.4, 0.5) is 0 Å². The third-order valence-corrected chi connectivity index (χ3v) is 12.1. The van der Waals surface area contributed by atoms with Crippen LogP contribution in [-0.4, -0.2) is 50.4 Å². The van der Waals surface area contributed by atoms with Crippen molar-refractivity contribution in [1.29, 1.82) is 0 Å². The summed E-state index contributed by atoms with van der Waals surface area (Å²) < 4.78 is 7.62. The Bertz CT molecular complexity index is 961. The number of Topliss-reactive ketones (excluding diaryl/α,β-unsaturated/α-hetero) is 1. The van der Waals surface area contributed by atoms with Gasteiger partial charge in [-0.25, -0.2) is 4.68 Å². The molecule has 34 heavy (non-hydrogen) atoms. The molecule has 7 heteroatoms. The van der Waals surface area contributed by atoms with E-state index in [2.05, 4.69) is 36.3 Å². The molecule has 0 aliphatic heterocycles. The topological polar surface area (TPSA) is 90.1 Å². The van der Waals surface area contributed by atoms with Gasteiger partial charge in [-0.1, -0.05) is 20.8 Å². The van der Waals surface area contributed by atoms with Gasteiger partial charge in [0.2, 0.25) is 0 Å². The van der Waals surface area contributed by atoms with Crippen molar-refractivity contribution >= 4 is 5.78 Å². The van der Waals surface area contributed by atoms with Gasteiger partial charge in [0.05, 0.1) is 12.2 Å². The van der Waals surface area contributed by atoms with E-state index < -0.39 is 5.60 Å². The highest BCUT2D eigenvalue weighted by Gasteiger charge is 2.71. The average molecular weight is 473 g/mol. The first kappa shape index (κ1) is 24.4. The molecule has 190 valence electrons. The van der Waals surface area contributed by atoms with E-state index in [0.717, 1.165) is 58.0 Å². The summed E-state index contributed by atoms with van der Waals surface area (Å²) in [4.78, 5) is 13.6. The van der Waals surface area contributed by atoms with Gasteiger partial charge < -0.3 is 9.84 Å². The van der Waals surface area contributed by atoms with Crippen molar-refractivity contribution in [2.45, 2.75) is 105 Å². The zero-order valence-electron chi connectivity index (χ0n) is 22.1. The van der Waals surface area contributed by atoms with Crippen molar-refractivity contribution in [3.05, 3.63) is 5.82 Å². The molecular weight excluding hydrogens is 428 g/mol. The number of aliphatic hydroxyl groups is 1. The number of carbonyl (C=O) groups is 1. The molecule has 0 amide bonds. The van der Waals surface area contributed by atoms with E-state index in [0.29, 0.717) is 23.4 Å². The molecule has 4 aliphatic carbocycles. The van der Waals surface area contributed by atoms with Gasteiger partial charge in [-0.2, -0.15) is 0 Å². The maximum Gasteiger partial charge on any atom is 0.158 e. The number of aryl methyl sites for hydroxylation is 1. The fraction of sp³-hybridized carbons (Fsp3) is 0.926. The van der Waals surface area contributed by atoms with Crippen LogP contribution in [-0.2, 0) is 16.1 Å². The van der Waals surface area contributed by atoms with Crippen LogP contribution in [0.25, 0.3) is 0 Å². The van der Waals surface area contributed by atoms with E-state index in [-0.39, 0.29) is 34.1 Å². The Kier molecular flexibility index (Phi) is 5.61. The van der Waals surface area contributed by atoms with Gasteiger partial charge >= 0.3 is 0 Å². The number of ether oxygens (including phenoxy) is 1. The van der Waals surface area contributed by atoms with Gasteiger partial charge in [0.1, 0.15) is 12.4 Å².